The predicted molar refractivity (Wildman–Crippen MR) is 65.7 cm³/mol. The molecule has 1 atom stereocenters. The van der Waals surface area contributed by atoms with Crippen LogP contribution >= 0.6 is 0 Å². The normalized spacial score (nSPS) is 23.7. The summed E-state index contributed by atoms with van der Waals surface area (Å²) in [5.74, 6) is 1.54. The fourth-order valence-electron chi connectivity index (χ4n) is 2.31. The van der Waals surface area contributed by atoms with Crippen LogP contribution in [0.4, 0.5) is 0 Å². The SMILES string of the molecule is COc1cccc(OC)c1CC1(O)CCNC1. The molecule has 2 N–H and O–H groups in total. The molecule has 94 valence electrons. The van der Waals surface area contributed by atoms with E-state index in [0.29, 0.717) is 13.0 Å². The monoisotopic (exact) mass is 237 g/mol. The van der Waals surface area contributed by atoms with Crippen LogP contribution in [-0.2, 0) is 6.42 Å². The number of aliphatic hydroxyl groups is 1. The number of nitrogens with one attached hydrogen (secondary N) is 1. The fraction of sp³-hybridized carbons (Fsp3) is 0.538. The lowest BCUT2D eigenvalue weighted by molar-refractivity contribution is 0.0606. The van der Waals surface area contributed by atoms with Crippen LogP contribution in [0.2, 0.25) is 0 Å². The number of methoxy groups -OCH3 is 2. The molecule has 0 radical (unpaired) electrons. The van der Waals surface area contributed by atoms with Gasteiger partial charge in [0.15, 0.2) is 0 Å². The molecule has 2 rings (SSSR count). The molecule has 4 heteroatoms. The van der Waals surface area contributed by atoms with Crippen LogP contribution in [-0.4, -0.2) is 38.0 Å². The predicted octanol–water partition coefficient (Wildman–Crippen LogP) is 0.971. The maximum Gasteiger partial charge on any atom is 0.125 e. The molecule has 17 heavy (non-hydrogen) atoms. The van der Waals surface area contributed by atoms with Crippen LogP contribution in [0.15, 0.2) is 18.2 Å². The Bertz CT molecular complexity index is 364. The molecule has 0 aliphatic carbocycles. The molecule has 1 aromatic carbocycles. The van der Waals surface area contributed by atoms with Crippen molar-refractivity contribution < 1.29 is 14.6 Å². The Kier molecular flexibility index (Phi) is 3.54. The minimum absolute atomic E-state index is 0.549. The quantitative estimate of drug-likeness (QED) is 0.819. The van der Waals surface area contributed by atoms with Crippen molar-refractivity contribution in [2.45, 2.75) is 18.4 Å². The molecule has 0 bridgehead atoms. The van der Waals surface area contributed by atoms with E-state index in [1.165, 1.54) is 0 Å². The summed E-state index contributed by atoms with van der Waals surface area (Å²) in [6.07, 6.45) is 1.31. The maximum atomic E-state index is 10.4. The molecule has 1 saturated heterocycles. The maximum absolute atomic E-state index is 10.4. The van der Waals surface area contributed by atoms with Gasteiger partial charge in [-0.1, -0.05) is 6.07 Å². The zero-order valence-electron chi connectivity index (χ0n) is 10.3. The Hall–Kier alpha value is -1.26. The number of hydrogen-bond donors (Lipinski definition) is 2. The van der Waals surface area contributed by atoms with Gasteiger partial charge >= 0.3 is 0 Å². The summed E-state index contributed by atoms with van der Waals surface area (Å²) in [6.45, 7) is 1.47. The highest BCUT2D eigenvalue weighted by molar-refractivity contribution is 5.45. The number of hydrogen-bond acceptors (Lipinski definition) is 4. The molecule has 1 aromatic rings. The molecule has 4 nitrogen and oxygen atoms in total. The number of ether oxygens (including phenoxy) is 2. The number of β-amino-alcohol motifs (C(OH)–C–C–N with tert-alkyl or cyclic N) is 1. The van der Waals surface area contributed by atoms with Gasteiger partial charge in [0.05, 0.1) is 19.8 Å². The Morgan fingerprint density at radius 2 is 1.94 bits per heavy atom. The summed E-state index contributed by atoms with van der Waals surface area (Å²) < 4.78 is 10.7. The summed E-state index contributed by atoms with van der Waals surface area (Å²) in [7, 11) is 3.27. The van der Waals surface area contributed by atoms with Crippen molar-refractivity contribution in [3.63, 3.8) is 0 Å². The minimum Gasteiger partial charge on any atom is -0.496 e. The summed E-state index contributed by atoms with van der Waals surface area (Å²) in [5.41, 5.74) is 0.241. The van der Waals surface area contributed by atoms with Crippen LogP contribution in [0.5, 0.6) is 11.5 Å². The molecule has 1 unspecified atom stereocenters. The molecule has 0 spiro atoms. The van der Waals surface area contributed by atoms with Crippen molar-refractivity contribution in [3.8, 4) is 11.5 Å². The second kappa shape index (κ2) is 4.94. The summed E-state index contributed by atoms with van der Waals surface area (Å²) in [4.78, 5) is 0. The van der Waals surface area contributed by atoms with E-state index in [2.05, 4.69) is 5.32 Å². The molecular weight excluding hydrogens is 218 g/mol. The molecule has 1 aliphatic rings. The van der Waals surface area contributed by atoms with Crippen molar-refractivity contribution in [2.75, 3.05) is 27.3 Å². The van der Waals surface area contributed by atoms with Gasteiger partial charge in [0.1, 0.15) is 11.5 Å². The number of benzene rings is 1. The summed E-state index contributed by atoms with van der Waals surface area (Å²) in [5, 5.41) is 13.6. The molecular formula is C13H19NO3. The highest BCUT2D eigenvalue weighted by atomic mass is 16.5. The molecule has 1 fully saturated rings. The Balaban J connectivity index is 2.29. The van der Waals surface area contributed by atoms with Gasteiger partial charge in [-0.2, -0.15) is 0 Å². The third-order valence-electron chi connectivity index (χ3n) is 3.26. The van der Waals surface area contributed by atoms with Crippen LogP contribution in [0.25, 0.3) is 0 Å². The molecule has 1 aliphatic heterocycles. The van der Waals surface area contributed by atoms with E-state index in [1.807, 2.05) is 18.2 Å². The van der Waals surface area contributed by atoms with Crippen molar-refractivity contribution in [2.24, 2.45) is 0 Å². The molecule has 0 saturated carbocycles. The van der Waals surface area contributed by atoms with E-state index in [-0.39, 0.29) is 0 Å². The van der Waals surface area contributed by atoms with Crippen LogP contribution in [0.3, 0.4) is 0 Å². The smallest absolute Gasteiger partial charge is 0.125 e. The molecule has 0 aromatic heterocycles. The van der Waals surface area contributed by atoms with Crippen LogP contribution < -0.4 is 14.8 Å². The van der Waals surface area contributed by atoms with Gasteiger partial charge < -0.3 is 19.9 Å². The largest absolute Gasteiger partial charge is 0.496 e. The first-order valence-electron chi connectivity index (χ1n) is 5.81. The lowest BCUT2D eigenvalue weighted by atomic mass is 9.92. The zero-order valence-corrected chi connectivity index (χ0v) is 10.3. The van der Waals surface area contributed by atoms with E-state index in [1.54, 1.807) is 14.2 Å². The first-order chi connectivity index (χ1) is 8.18. The van der Waals surface area contributed by atoms with Gasteiger partial charge in [0, 0.05) is 18.5 Å². The summed E-state index contributed by atoms with van der Waals surface area (Å²) >= 11 is 0. The van der Waals surface area contributed by atoms with Crippen molar-refractivity contribution in [3.05, 3.63) is 23.8 Å². The van der Waals surface area contributed by atoms with E-state index in [0.717, 1.165) is 30.0 Å². The second-order valence-corrected chi connectivity index (χ2v) is 4.47. The highest BCUT2D eigenvalue weighted by Crippen LogP contribution is 2.33. The average molecular weight is 237 g/mol. The third kappa shape index (κ3) is 2.53. The molecule has 1 heterocycles. The van der Waals surface area contributed by atoms with Gasteiger partial charge in [-0.05, 0) is 25.1 Å². The van der Waals surface area contributed by atoms with Gasteiger partial charge in [-0.15, -0.1) is 0 Å². The first kappa shape index (κ1) is 12.2. The van der Waals surface area contributed by atoms with Crippen molar-refractivity contribution >= 4 is 0 Å². The topological polar surface area (TPSA) is 50.7 Å². The number of rotatable bonds is 4. The van der Waals surface area contributed by atoms with E-state index >= 15 is 0 Å². The van der Waals surface area contributed by atoms with Gasteiger partial charge in [-0.3, -0.25) is 0 Å². The van der Waals surface area contributed by atoms with Gasteiger partial charge in [0.2, 0.25) is 0 Å². The van der Waals surface area contributed by atoms with Crippen LogP contribution in [0.1, 0.15) is 12.0 Å². The zero-order chi connectivity index (χ0) is 12.3. The highest BCUT2D eigenvalue weighted by Gasteiger charge is 2.33. The average Bonchev–Trinajstić information content (AvgIpc) is 2.76. The minimum atomic E-state index is -0.693. The Morgan fingerprint density at radius 1 is 1.29 bits per heavy atom. The first-order valence-corrected chi connectivity index (χ1v) is 5.81. The van der Waals surface area contributed by atoms with Gasteiger partial charge in [0.25, 0.3) is 0 Å². The van der Waals surface area contributed by atoms with E-state index in [4.69, 9.17) is 9.47 Å². The lowest BCUT2D eigenvalue weighted by Crippen LogP contribution is -2.34. The van der Waals surface area contributed by atoms with Crippen molar-refractivity contribution in [1.29, 1.82) is 0 Å². The van der Waals surface area contributed by atoms with Crippen molar-refractivity contribution in [1.82, 2.24) is 5.32 Å². The Labute approximate surface area is 102 Å². The second-order valence-electron chi connectivity index (χ2n) is 4.47. The summed E-state index contributed by atoms with van der Waals surface area (Å²) in [6, 6.07) is 5.67. The van der Waals surface area contributed by atoms with E-state index < -0.39 is 5.60 Å². The third-order valence-corrected chi connectivity index (χ3v) is 3.26. The molecule has 0 amide bonds. The standard InChI is InChI=1S/C13H19NO3/c1-16-11-4-3-5-12(17-2)10(11)8-13(15)6-7-14-9-13/h3-5,14-15H,6-9H2,1-2H3. The Morgan fingerprint density at radius 3 is 2.41 bits per heavy atom. The fourth-order valence-corrected chi connectivity index (χ4v) is 2.31. The van der Waals surface area contributed by atoms with Gasteiger partial charge in [-0.25, -0.2) is 0 Å². The van der Waals surface area contributed by atoms with Crippen LogP contribution in [0, 0.1) is 0 Å². The lowest BCUT2D eigenvalue weighted by Gasteiger charge is -2.23. The van der Waals surface area contributed by atoms with E-state index in [9.17, 15) is 5.11 Å².